The first-order chi connectivity index (χ1) is 14.6. The lowest BCUT2D eigenvalue weighted by atomic mass is 10.1. The van der Waals surface area contributed by atoms with Crippen LogP contribution in [0.5, 0.6) is 0 Å². The molecule has 0 amide bonds. The maximum Gasteiger partial charge on any atom is 0.232 e. The van der Waals surface area contributed by atoms with Crippen LogP contribution in [0.2, 0.25) is 0 Å². The van der Waals surface area contributed by atoms with Gasteiger partial charge in [0.2, 0.25) is 17.1 Å². The number of hydrogen-bond acceptors (Lipinski definition) is 8. The monoisotopic (exact) mass is 418 g/mol. The molecule has 0 atom stereocenters. The Morgan fingerprint density at radius 2 is 1.73 bits per heavy atom. The van der Waals surface area contributed by atoms with Gasteiger partial charge in [-0.3, -0.25) is 5.10 Å². The van der Waals surface area contributed by atoms with Crippen LogP contribution in [0.3, 0.4) is 0 Å². The number of anilines is 3. The molecule has 0 saturated carbocycles. The van der Waals surface area contributed by atoms with E-state index in [1.807, 2.05) is 43.3 Å². The molecule has 2 aromatic heterocycles. The lowest BCUT2D eigenvalue weighted by molar-refractivity contribution is 0.955. The standard InChI is InChI=1S/C21H22N8S/c1-3-14-6-8-15(9-7-14)18-26-21(29-28-18)30-12-17-24-19(22)27-20(25-17)23-16-10-4-13(2)5-11-16/h4-11H,3,12H2,1-2H3,(H,26,28,29)(H3,22,23,24,25,27). The van der Waals surface area contributed by atoms with E-state index >= 15 is 0 Å². The average molecular weight is 419 g/mol. The normalized spacial score (nSPS) is 10.9. The van der Waals surface area contributed by atoms with Gasteiger partial charge in [0, 0.05) is 11.3 Å². The van der Waals surface area contributed by atoms with Gasteiger partial charge in [0.15, 0.2) is 5.82 Å². The van der Waals surface area contributed by atoms with Gasteiger partial charge in [-0.05, 0) is 31.0 Å². The number of thioether (sulfide) groups is 1. The molecule has 0 radical (unpaired) electrons. The van der Waals surface area contributed by atoms with Crippen LogP contribution in [-0.2, 0) is 12.2 Å². The number of aryl methyl sites for hydroxylation is 2. The van der Waals surface area contributed by atoms with Crippen molar-refractivity contribution < 1.29 is 0 Å². The molecule has 9 heteroatoms. The van der Waals surface area contributed by atoms with Crippen molar-refractivity contribution in [2.24, 2.45) is 0 Å². The highest BCUT2D eigenvalue weighted by Crippen LogP contribution is 2.23. The van der Waals surface area contributed by atoms with Crippen LogP contribution in [0.4, 0.5) is 17.6 Å². The molecule has 4 N–H and O–H groups in total. The summed E-state index contributed by atoms with van der Waals surface area (Å²) in [5, 5.41) is 11.0. The molecule has 8 nitrogen and oxygen atoms in total. The molecular weight excluding hydrogens is 396 g/mol. The highest BCUT2D eigenvalue weighted by Gasteiger charge is 2.10. The predicted molar refractivity (Wildman–Crippen MR) is 119 cm³/mol. The molecular formula is C21H22N8S. The third kappa shape index (κ3) is 4.93. The zero-order valence-electron chi connectivity index (χ0n) is 16.8. The first kappa shape index (κ1) is 19.8. The Hall–Kier alpha value is -3.46. The molecule has 152 valence electrons. The predicted octanol–water partition coefficient (Wildman–Crippen LogP) is 4.15. The van der Waals surface area contributed by atoms with E-state index < -0.39 is 0 Å². The van der Waals surface area contributed by atoms with Gasteiger partial charge in [0.25, 0.3) is 0 Å². The Morgan fingerprint density at radius 1 is 0.967 bits per heavy atom. The Balaban J connectivity index is 1.42. The van der Waals surface area contributed by atoms with Crippen LogP contribution in [0.15, 0.2) is 53.7 Å². The fraction of sp³-hybridized carbons (Fsp3) is 0.190. The zero-order chi connectivity index (χ0) is 20.9. The van der Waals surface area contributed by atoms with Crippen LogP contribution in [-0.4, -0.2) is 30.1 Å². The Kier molecular flexibility index (Phi) is 5.89. The smallest absolute Gasteiger partial charge is 0.232 e. The lowest BCUT2D eigenvalue weighted by Crippen LogP contribution is -2.06. The summed E-state index contributed by atoms with van der Waals surface area (Å²) >= 11 is 1.43. The molecule has 0 fully saturated rings. The molecule has 0 aliphatic rings. The van der Waals surface area contributed by atoms with E-state index in [1.165, 1.54) is 22.9 Å². The Morgan fingerprint density at radius 3 is 2.47 bits per heavy atom. The summed E-state index contributed by atoms with van der Waals surface area (Å²) in [7, 11) is 0. The molecule has 0 aliphatic heterocycles. The van der Waals surface area contributed by atoms with E-state index in [0.717, 1.165) is 23.5 Å². The summed E-state index contributed by atoms with van der Waals surface area (Å²) in [5.41, 5.74) is 10.2. The van der Waals surface area contributed by atoms with Gasteiger partial charge in [-0.25, -0.2) is 4.98 Å². The molecule has 0 aliphatic carbocycles. The van der Waals surface area contributed by atoms with E-state index in [1.54, 1.807) is 0 Å². The Labute approximate surface area is 178 Å². The fourth-order valence-electron chi connectivity index (χ4n) is 2.79. The highest BCUT2D eigenvalue weighted by molar-refractivity contribution is 7.98. The average Bonchev–Trinajstić information content (AvgIpc) is 3.23. The number of nitrogen functional groups attached to an aromatic ring is 1. The number of hydrogen-bond donors (Lipinski definition) is 3. The summed E-state index contributed by atoms with van der Waals surface area (Å²) in [6.45, 7) is 4.17. The van der Waals surface area contributed by atoms with Crippen LogP contribution < -0.4 is 11.1 Å². The number of benzene rings is 2. The lowest BCUT2D eigenvalue weighted by Gasteiger charge is -2.07. The van der Waals surface area contributed by atoms with Crippen molar-refractivity contribution >= 4 is 29.3 Å². The minimum absolute atomic E-state index is 0.168. The third-order valence-electron chi connectivity index (χ3n) is 4.44. The molecule has 4 aromatic rings. The van der Waals surface area contributed by atoms with Gasteiger partial charge >= 0.3 is 0 Å². The minimum Gasteiger partial charge on any atom is -0.368 e. The maximum atomic E-state index is 5.86. The highest BCUT2D eigenvalue weighted by atomic mass is 32.2. The number of aromatic amines is 1. The molecule has 0 spiro atoms. The van der Waals surface area contributed by atoms with E-state index in [-0.39, 0.29) is 5.95 Å². The van der Waals surface area contributed by atoms with Crippen LogP contribution in [0, 0.1) is 6.92 Å². The van der Waals surface area contributed by atoms with Gasteiger partial charge in [-0.2, -0.15) is 15.0 Å². The molecule has 2 aromatic carbocycles. The van der Waals surface area contributed by atoms with Crippen LogP contribution in [0.1, 0.15) is 23.9 Å². The van der Waals surface area contributed by atoms with Crippen molar-refractivity contribution in [1.82, 2.24) is 30.1 Å². The molecule has 0 bridgehead atoms. The number of H-pyrrole nitrogens is 1. The molecule has 0 unspecified atom stereocenters. The number of rotatable bonds is 7. The van der Waals surface area contributed by atoms with E-state index in [0.29, 0.717) is 22.7 Å². The molecule has 30 heavy (non-hydrogen) atoms. The van der Waals surface area contributed by atoms with Gasteiger partial charge in [-0.1, -0.05) is 60.6 Å². The zero-order valence-corrected chi connectivity index (χ0v) is 17.6. The second kappa shape index (κ2) is 8.91. The maximum absolute atomic E-state index is 5.86. The van der Waals surface area contributed by atoms with Crippen molar-refractivity contribution in [3.63, 3.8) is 0 Å². The minimum atomic E-state index is 0.168. The van der Waals surface area contributed by atoms with Crippen molar-refractivity contribution in [3.8, 4) is 11.4 Å². The number of aromatic nitrogens is 6. The topological polar surface area (TPSA) is 118 Å². The second-order valence-corrected chi connectivity index (χ2v) is 7.67. The van der Waals surface area contributed by atoms with Gasteiger partial charge in [0.05, 0.1) is 5.75 Å². The van der Waals surface area contributed by atoms with Crippen molar-refractivity contribution in [1.29, 1.82) is 0 Å². The largest absolute Gasteiger partial charge is 0.368 e. The van der Waals surface area contributed by atoms with Crippen LogP contribution in [0.25, 0.3) is 11.4 Å². The van der Waals surface area contributed by atoms with Gasteiger partial charge in [0.1, 0.15) is 5.82 Å². The van der Waals surface area contributed by atoms with Crippen molar-refractivity contribution in [2.45, 2.75) is 31.2 Å². The first-order valence-electron chi connectivity index (χ1n) is 9.57. The SMILES string of the molecule is CCc1ccc(-c2nc(SCc3nc(N)nc(Nc4ccc(C)cc4)n3)n[nH]2)cc1. The second-order valence-electron chi connectivity index (χ2n) is 6.73. The van der Waals surface area contributed by atoms with E-state index in [4.69, 9.17) is 5.73 Å². The summed E-state index contributed by atoms with van der Waals surface area (Å²) < 4.78 is 0. The fourth-order valence-corrected chi connectivity index (χ4v) is 3.45. The third-order valence-corrected chi connectivity index (χ3v) is 5.28. The summed E-state index contributed by atoms with van der Waals surface area (Å²) in [6, 6.07) is 16.2. The number of nitrogens with one attached hydrogen (secondary N) is 2. The summed E-state index contributed by atoms with van der Waals surface area (Å²) in [5.74, 6) is 2.34. The van der Waals surface area contributed by atoms with Gasteiger partial charge < -0.3 is 11.1 Å². The van der Waals surface area contributed by atoms with E-state index in [2.05, 4.69) is 54.5 Å². The van der Waals surface area contributed by atoms with Crippen molar-refractivity contribution in [3.05, 3.63) is 65.5 Å². The molecule has 0 saturated heterocycles. The molecule has 2 heterocycles. The molecule has 4 rings (SSSR count). The summed E-state index contributed by atoms with van der Waals surface area (Å²) in [6.07, 6.45) is 1.01. The van der Waals surface area contributed by atoms with Crippen molar-refractivity contribution in [2.75, 3.05) is 11.1 Å². The summed E-state index contributed by atoms with van der Waals surface area (Å²) in [4.78, 5) is 17.4. The van der Waals surface area contributed by atoms with Crippen LogP contribution >= 0.6 is 11.8 Å². The quantitative estimate of drug-likeness (QED) is 0.383. The van der Waals surface area contributed by atoms with E-state index in [9.17, 15) is 0 Å². The Bertz CT molecular complexity index is 1120. The first-order valence-corrected chi connectivity index (χ1v) is 10.6. The number of nitrogens with two attached hydrogens (primary N) is 1. The van der Waals surface area contributed by atoms with Gasteiger partial charge in [-0.15, -0.1) is 5.10 Å². The number of nitrogens with zero attached hydrogens (tertiary/aromatic N) is 5.